The molecule has 30 heavy (non-hydrogen) atoms. The van der Waals surface area contributed by atoms with E-state index in [2.05, 4.69) is 81.2 Å². The van der Waals surface area contributed by atoms with Crippen molar-refractivity contribution in [1.82, 2.24) is 0 Å². The standard InChI is InChI=1S/C18H22.C10H22N2/c1-3-15-5-9-17(10-6-15)13-14-18-11-7-16(4-2)8-12-18;1-4-10(8-12-5-2)6-9(3)7-11/h5-12H,3-4,13-14H2,1-2H3;5,9-10H,4,6-8,11H2,1-3H3. The van der Waals surface area contributed by atoms with E-state index in [0.717, 1.165) is 44.7 Å². The van der Waals surface area contributed by atoms with E-state index >= 15 is 0 Å². The monoisotopic (exact) mass is 408 g/mol. The molecule has 0 aliphatic carbocycles. The van der Waals surface area contributed by atoms with E-state index < -0.39 is 0 Å². The van der Waals surface area contributed by atoms with Crippen LogP contribution < -0.4 is 5.73 Å². The maximum atomic E-state index is 5.57. The lowest BCUT2D eigenvalue weighted by molar-refractivity contribution is 0.394. The number of hydrogen-bond donors (Lipinski definition) is 1. The summed E-state index contributed by atoms with van der Waals surface area (Å²) in [5, 5.41) is 0. The molecule has 0 bridgehead atoms. The number of hydrogen-bond acceptors (Lipinski definition) is 2. The van der Waals surface area contributed by atoms with Crippen molar-refractivity contribution >= 4 is 6.21 Å². The molecule has 0 saturated heterocycles. The number of rotatable bonds is 11. The Bertz CT molecular complexity index is 638. The zero-order chi connectivity index (χ0) is 22.2. The fourth-order valence-electron chi connectivity index (χ4n) is 3.46. The molecule has 2 aromatic rings. The molecule has 2 N–H and O–H groups in total. The lowest BCUT2D eigenvalue weighted by Gasteiger charge is -2.16. The second kappa shape index (κ2) is 15.8. The fraction of sp³-hybridized carbons (Fsp3) is 0.536. The summed E-state index contributed by atoms with van der Waals surface area (Å²) in [5.41, 5.74) is 11.3. The van der Waals surface area contributed by atoms with Crippen molar-refractivity contribution in [1.29, 1.82) is 0 Å². The predicted molar refractivity (Wildman–Crippen MR) is 135 cm³/mol. The maximum absolute atomic E-state index is 5.57. The molecule has 2 nitrogen and oxygen atoms in total. The van der Waals surface area contributed by atoms with Crippen molar-refractivity contribution in [2.24, 2.45) is 22.6 Å². The third-order valence-corrected chi connectivity index (χ3v) is 5.83. The highest BCUT2D eigenvalue weighted by Gasteiger charge is 2.09. The lowest BCUT2D eigenvalue weighted by atomic mass is 9.94. The Balaban J connectivity index is 0.000000329. The Kier molecular flexibility index (Phi) is 13.8. The van der Waals surface area contributed by atoms with Gasteiger partial charge >= 0.3 is 0 Å². The second-order valence-electron chi connectivity index (χ2n) is 8.31. The molecule has 0 fully saturated rings. The van der Waals surface area contributed by atoms with Gasteiger partial charge in [-0.2, -0.15) is 0 Å². The molecule has 2 rings (SSSR count). The third kappa shape index (κ3) is 10.7. The number of nitrogens with zero attached hydrogens (tertiary/aromatic N) is 1. The minimum Gasteiger partial charge on any atom is -0.330 e. The van der Waals surface area contributed by atoms with Crippen LogP contribution in [0.15, 0.2) is 53.5 Å². The Hall–Kier alpha value is -1.93. The van der Waals surface area contributed by atoms with Crippen molar-refractivity contribution < 1.29 is 0 Å². The summed E-state index contributed by atoms with van der Waals surface area (Å²) in [6, 6.07) is 18.0. The van der Waals surface area contributed by atoms with Crippen LogP contribution in [-0.4, -0.2) is 19.3 Å². The zero-order valence-corrected chi connectivity index (χ0v) is 20.0. The summed E-state index contributed by atoms with van der Waals surface area (Å²) in [5.74, 6) is 1.36. The Labute approximate surface area is 186 Å². The molecule has 0 amide bonds. The predicted octanol–water partition coefficient (Wildman–Crippen LogP) is 6.68. The maximum Gasteiger partial charge on any atom is 0.0413 e. The van der Waals surface area contributed by atoms with E-state index in [9.17, 15) is 0 Å². The number of aryl methyl sites for hydroxylation is 4. The molecular formula is C28H44N2. The van der Waals surface area contributed by atoms with Gasteiger partial charge in [0.25, 0.3) is 0 Å². The first-order chi connectivity index (χ1) is 14.6. The van der Waals surface area contributed by atoms with Gasteiger partial charge in [-0.1, -0.05) is 82.6 Å². The molecular weight excluding hydrogens is 364 g/mol. The molecule has 0 aromatic heterocycles. The third-order valence-electron chi connectivity index (χ3n) is 5.83. The first-order valence-electron chi connectivity index (χ1n) is 11.9. The minimum atomic E-state index is 0.641. The van der Waals surface area contributed by atoms with Gasteiger partial charge < -0.3 is 5.73 Å². The van der Waals surface area contributed by atoms with E-state index in [4.69, 9.17) is 5.73 Å². The van der Waals surface area contributed by atoms with E-state index in [1.807, 2.05) is 13.1 Å². The van der Waals surface area contributed by atoms with Gasteiger partial charge in [-0.25, -0.2) is 0 Å². The van der Waals surface area contributed by atoms with Gasteiger partial charge in [-0.05, 0) is 85.9 Å². The molecule has 0 aliphatic heterocycles. The molecule has 0 spiro atoms. The van der Waals surface area contributed by atoms with Gasteiger partial charge in [0.2, 0.25) is 0 Å². The quantitative estimate of drug-likeness (QED) is 0.413. The second-order valence-corrected chi connectivity index (χ2v) is 8.31. The normalized spacial score (nSPS) is 13.0. The molecule has 0 saturated carbocycles. The van der Waals surface area contributed by atoms with Crippen LogP contribution in [0.3, 0.4) is 0 Å². The summed E-state index contributed by atoms with van der Waals surface area (Å²) in [6.45, 7) is 12.6. The van der Waals surface area contributed by atoms with Crippen LogP contribution in [-0.2, 0) is 25.7 Å². The van der Waals surface area contributed by atoms with E-state index in [1.165, 1.54) is 35.1 Å². The molecule has 2 unspecified atom stereocenters. The zero-order valence-electron chi connectivity index (χ0n) is 20.0. The van der Waals surface area contributed by atoms with Crippen molar-refractivity contribution in [3.63, 3.8) is 0 Å². The Morgan fingerprint density at radius 3 is 1.57 bits per heavy atom. The molecule has 0 radical (unpaired) electrons. The highest BCUT2D eigenvalue weighted by Crippen LogP contribution is 2.15. The first kappa shape index (κ1) is 26.1. The molecule has 2 heteroatoms. The largest absolute Gasteiger partial charge is 0.330 e. The minimum absolute atomic E-state index is 0.641. The van der Waals surface area contributed by atoms with Gasteiger partial charge in [-0.3, -0.25) is 4.99 Å². The fourth-order valence-corrected chi connectivity index (χ4v) is 3.46. The number of nitrogens with two attached hydrogens (primary N) is 1. The lowest BCUT2D eigenvalue weighted by Crippen LogP contribution is -2.16. The van der Waals surface area contributed by atoms with Gasteiger partial charge in [0.15, 0.2) is 0 Å². The van der Waals surface area contributed by atoms with E-state index in [-0.39, 0.29) is 0 Å². The van der Waals surface area contributed by atoms with Crippen LogP contribution in [0, 0.1) is 11.8 Å². The number of benzene rings is 2. The summed E-state index contributed by atoms with van der Waals surface area (Å²) < 4.78 is 0. The highest BCUT2D eigenvalue weighted by atomic mass is 14.7. The van der Waals surface area contributed by atoms with Gasteiger partial charge in [0, 0.05) is 6.54 Å². The van der Waals surface area contributed by atoms with Gasteiger partial charge in [-0.15, -0.1) is 0 Å². The van der Waals surface area contributed by atoms with Crippen molar-refractivity contribution in [3.8, 4) is 0 Å². The molecule has 2 atom stereocenters. The summed E-state index contributed by atoms with van der Waals surface area (Å²) in [6.07, 6.45) is 8.82. The van der Waals surface area contributed by atoms with Crippen LogP contribution in [0.1, 0.15) is 69.7 Å². The topological polar surface area (TPSA) is 38.4 Å². The van der Waals surface area contributed by atoms with Crippen molar-refractivity contribution in [2.75, 3.05) is 13.1 Å². The van der Waals surface area contributed by atoms with Crippen molar-refractivity contribution in [3.05, 3.63) is 70.8 Å². The van der Waals surface area contributed by atoms with Gasteiger partial charge in [0.1, 0.15) is 0 Å². The van der Waals surface area contributed by atoms with Crippen LogP contribution in [0.25, 0.3) is 0 Å². The smallest absolute Gasteiger partial charge is 0.0413 e. The molecule has 2 aromatic carbocycles. The molecule has 0 aliphatic rings. The average molecular weight is 409 g/mol. The number of aliphatic imine (C=N–C) groups is 1. The summed E-state index contributed by atoms with van der Waals surface area (Å²) in [7, 11) is 0. The average Bonchev–Trinajstić information content (AvgIpc) is 2.81. The van der Waals surface area contributed by atoms with Crippen LogP contribution >= 0.6 is 0 Å². The molecule has 0 heterocycles. The summed E-state index contributed by atoms with van der Waals surface area (Å²) >= 11 is 0. The summed E-state index contributed by atoms with van der Waals surface area (Å²) in [4.78, 5) is 4.26. The van der Waals surface area contributed by atoms with E-state index in [1.54, 1.807) is 0 Å². The highest BCUT2D eigenvalue weighted by molar-refractivity contribution is 5.53. The SMILES string of the molecule is CC=NCC(CC)CC(C)CN.CCc1ccc(CCc2ccc(CC)cc2)cc1. The van der Waals surface area contributed by atoms with Crippen LogP contribution in [0.5, 0.6) is 0 Å². The Morgan fingerprint density at radius 1 is 0.800 bits per heavy atom. The van der Waals surface area contributed by atoms with Crippen LogP contribution in [0.4, 0.5) is 0 Å². The first-order valence-corrected chi connectivity index (χ1v) is 11.9. The van der Waals surface area contributed by atoms with E-state index in [0.29, 0.717) is 5.92 Å². The van der Waals surface area contributed by atoms with Crippen molar-refractivity contribution in [2.45, 2.75) is 73.1 Å². The van der Waals surface area contributed by atoms with Crippen LogP contribution in [0.2, 0.25) is 0 Å². The Morgan fingerprint density at radius 2 is 1.23 bits per heavy atom. The van der Waals surface area contributed by atoms with Gasteiger partial charge in [0.05, 0.1) is 0 Å². The molecule has 166 valence electrons.